The fourth-order valence-corrected chi connectivity index (χ4v) is 4.65. The summed E-state index contributed by atoms with van der Waals surface area (Å²) in [6.07, 6.45) is -5.72. The molecule has 2 aromatic carbocycles. The number of ether oxygens (including phenoxy) is 1. The molecule has 4 rings (SSSR count). The summed E-state index contributed by atoms with van der Waals surface area (Å²) in [6.45, 7) is 0.00285. The molecule has 1 aromatic heterocycles. The normalized spacial score (nSPS) is 13.8. The number of carboxylic acids is 1. The number of alkyl carbamates (subject to hydrolysis) is 1. The Bertz CT molecular complexity index is 1110. The van der Waals surface area contributed by atoms with Crippen molar-refractivity contribution >= 4 is 23.4 Å². The van der Waals surface area contributed by atoms with E-state index < -0.39 is 29.2 Å². The molecular weight excluding hydrogens is 443 g/mol. The molecule has 166 valence electrons. The van der Waals surface area contributed by atoms with Gasteiger partial charge in [-0.1, -0.05) is 48.5 Å². The van der Waals surface area contributed by atoms with Crippen LogP contribution in [0.3, 0.4) is 0 Å². The average Bonchev–Trinajstić information content (AvgIpc) is 3.35. The lowest BCUT2D eigenvalue weighted by Crippen LogP contribution is -2.42. The van der Waals surface area contributed by atoms with Crippen LogP contribution in [0, 0.1) is 0 Å². The number of carbonyl (C=O) groups is 2. The van der Waals surface area contributed by atoms with Gasteiger partial charge in [-0.2, -0.15) is 13.2 Å². The molecule has 0 fully saturated rings. The molecule has 0 saturated heterocycles. The van der Waals surface area contributed by atoms with Gasteiger partial charge in [0.15, 0.2) is 0 Å². The van der Waals surface area contributed by atoms with Crippen LogP contribution in [0.1, 0.15) is 27.5 Å². The zero-order valence-electron chi connectivity index (χ0n) is 16.6. The number of aliphatic carboxylic acids is 1. The summed E-state index contributed by atoms with van der Waals surface area (Å²) >= 11 is 0.481. The van der Waals surface area contributed by atoms with Gasteiger partial charge in [0.2, 0.25) is 0 Å². The maximum absolute atomic E-state index is 12.8. The van der Waals surface area contributed by atoms with Crippen molar-refractivity contribution in [3.63, 3.8) is 0 Å². The topological polar surface area (TPSA) is 75.6 Å². The Morgan fingerprint density at radius 2 is 1.66 bits per heavy atom. The second kappa shape index (κ2) is 8.66. The molecule has 1 aliphatic carbocycles. The van der Waals surface area contributed by atoms with Crippen LogP contribution in [0.4, 0.5) is 18.0 Å². The average molecular weight is 461 g/mol. The van der Waals surface area contributed by atoms with Crippen LogP contribution in [-0.4, -0.2) is 29.8 Å². The van der Waals surface area contributed by atoms with E-state index in [1.165, 1.54) is 5.38 Å². The lowest BCUT2D eigenvalue weighted by Gasteiger charge is -2.17. The summed E-state index contributed by atoms with van der Waals surface area (Å²) in [6, 6.07) is 15.0. The Labute approximate surface area is 185 Å². The third kappa shape index (κ3) is 4.47. The van der Waals surface area contributed by atoms with E-state index in [0.717, 1.165) is 28.3 Å². The molecule has 1 aliphatic rings. The first kappa shape index (κ1) is 21.9. The first-order chi connectivity index (χ1) is 15.2. The number of benzene rings is 2. The Morgan fingerprint density at radius 1 is 1.06 bits per heavy atom. The van der Waals surface area contributed by atoms with Crippen molar-refractivity contribution in [2.24, 2.45) is 0 Å². The number of nitrogens with one attached hydrogen (secondary N) is 1. The van der Waals surface area contributed by atoms with Gasteiger partial charge in [0.05, 0.1) is 0 Å². The van der Waals surface area contributed by atoms with Gasteiger partial charge in [0.25, 0.3) is 0 Å². The number of carbonyl (C=O) groups excluding carboxylic acids is 1. The number of alkyl halides is 3. The number of rotatable bonds is 6. The summed E-state index contributed by atoms with van der Waals surface area (Å²) in [7, 11) is 0. The van der Waals surface area contributed by atoms with Crippen LogP contribution in [0.15, 0.2) is 60.0 Å². The smallest absolute Gasteiger partial charge is 0.425 e. The SMILES string of the molecule is O=C(NC(Cc1csc(C(F)(F)F)c1)C(=O)O)OCC1c2ccccc2-c2ccccc21. The fraction of sp³-hybridized carbons (Fsp3) is 0.217. The van der Waals surface area contributed by atoms with E-state index in [0.29, 0.717) is 11.3 Å². The Morgan fingerprint density at radius 3 is 2.19 bits per heavy atom. The van der Waals surface area contributed by atoms with Crippen molar-refractivity contribution in [3.8, 4) is 11.1 Å². The third-order valence-corrected chi connectivity index (χ3v) is 6.33. The van der Waals surface area contributed by atoms with E-state index in [9.17, 15) is 27.9 Å². The molecule has 9 heteroatoms. The van der Waals surface area contributed by atoms with Crippen LogP contribution in [0.2, 0.25) is 0 Å². The minimum atomic E-state index is -4.50. The first-order valence-electron chi connectivity index (χ1n) is 9.73. The van der Waals surface area contributed by atoms with Gasteiger partial charge in [-0.05, 0) is 39.3 Å². The van der Waals surface area contributed by atoms with Crippen molar-refractivity contribution in [1.29, 1.82) is 0 Å². The van der Waals surface area contributed by atoms with Gasteiger partial charge >= 0.3 is 18.2 Å². The number of fused-ring (bicyclic) bond motifs is 3. The molecule has 0 bridgehead atoms. The molecule has 3 aromatic rings. The highest BCUT2D eigenvalue weighted by atomic mass is 32.1. The Kier molecular flexibility index (Phi) is 5.92. The fourth-order valence-electron chi connectivity index (χ4n) is 3.85. The van der Waals surface area contributed by atoms with Gasteiger partial charge < -0.3 is 15.2 Å². The van der Waals surface area contributed by atoms with Gasteiger partial charge in [-0.25, -0.2) is 9.59 Å². The second-order valence-corrected chi connectivity index (χ2v) is 8.29. The summed E-state index contributed by atoms with van der Waals surface area (Å²) in [5.74, 6) is -1.55. The van der Waals surface area contributed by atoms with Crippen LogP contribution in [0.25, 0.3) is 11.1 Å². The third-order valence-electron chi connectivity index (χ3n) is 5.31. The van der Waals surface area contributed by atoms with Crippen molar-refractivity contribution in [2.75, 3.05) is 6.61 Å². The molecule has 1 amide bonds. The molecule has 5 nitrogen and oxygen atoms in total. The number of carboxylic acid groups (broad SMARTS) is 1. The van der Waals surface area contributed by atoms with Crippen molar-refractivity contribution in [1.82, 2.24) is 5.32 Å². The van der Waals surface area contributed by atoms with Crippen molar-refractivity contribution in [2.45, 2.75) is 24.6 Å². The van der Waals surface area contributed by atoms with Crippen LogP contribution in [-0.2, 0) is 22.1 Å². The standard InChI is InChI=1S/C23H18F3NO4S/c24-23(25,26)20-10-13(12-32-20)9-19(21(28)29)27-22(30)31-11-18-16-7-3-1-5-14(16)15-6-2-4-8-17(15)18/h1-8,10,12,18-19H,9,11H2,(H,27,30)(H,28,29). The highest BCUT2D eigenvalue weighted by Gasteiger charge is 2.33. The molecule has 1 atom stereocenters. The molecule has 1 unspecified atom stereocenters. The minimum absolute atomic E-state index is 0.00285. The molecular formula is C23H18F3NO4S. The molecule has 0 aliphatic heterocycles. The van der Waals surface area contributed by atoms with Gasteiger partial charge in [-0.15, -0.1) is 11.3 Å². The van der Waals surface area contributed by atoms with Crippen molar-refractivity contribution in [3.05, 3.63) is 81.5 Å². The summed E-state index contributed by atoms with van der Waals surface area (Å²) in [4.78, 5) is 23.0. The predicted octanol–water partition coefficient (Wildman–Crippen LogP) is 5.30. The van der Waals surface area contributed by atoms with Crippen molar-refractivity contribution < 1.29 is 32.6 Å². The van der Waals surface area contributed by atoms with E-state index in [1.54, 1.807) is 0 Å². The predicted molar refractivity (Wildman–Crippen MR) is 113 cm³/mol. The molecule has 0 saturated carbocycles. The molecule has 0 spiro atoms. The molecule has 32 heavy (non-hydrogen) atoms. The Hall–Kier alpha value is -3.33. The molecule has 0 radical (unpaired) electrons. The number of hydrogen-bond acceptors (Lipinski definition) is 4. The van der Waals surface area contributed by atoms with Crippen LogP contribution < -0.4 is 5.32 Å². The number of thiophene rings is 1. The zero-order chi connectivity index (χ0) is 22.9. The van der Waals surface area contributed by atoms with E-state index in [-0.39, 0.29) is 24.5 Å². The monoisotopic (exact) mass is 461 g/mol. The van der Waals surface area contributed by atoms with Crippen LogP contribution in [0.5, 0.6) is 0 Å². The first-order valence-corrected chi connectivity index (χ1v) is 10.6. The quantitative estimate of drug-likeness (QED) is 0.522. The number of halogens is 3. The van der Waals surface area contributed by atoms with Gasteiger partial charge in [0, 0.05) is 12.3 Å². The summed E-state index contributed by atoms with van der Waals surface area (Å²) in [5, 5.41) is 12.9. The lowest BCUT2D eigenvalue weighted by atomic mass is 9.98. The summed E-state index contributed by atoms with van der Waals surface area (Å²) in [5.41, 5.74) is 4.30. The number of hydrogen-bond donors (Lipinski definition) is 2. The lowest BCUT2D eigenvalue weighted by molar-refractivity contribution is -0.139. The van der Waals surface area contributed by atoms with E-state index in [1.807, 2.05) is 48.5 Å². The zero-order valence-corrected chi connectivity index (χ0v) is 17.4. The minimum Gasteiger partial charge on any atom is -0.480 e. The van der Waals surface area contributed by atoms with E-state index >= 15 is 0 Å². The van der Waals surface area contributed by atoms with E-state index in [4.69, 9.17) is 4.74 Å². The molecule has 2 N–H and O–H groups in total. The van der Waals surface area contributed by atoms with Crippen LogP contribution >= 0.6 is 11.3 Å². The maximum Gasteiger partial charge on any atom is 0.425 e. The largest absolute Gasteiger partial charge is 0.480 e. The Balaban J connectivity index is 1.41. The highest BCUT2D eigenvalue weighted by molar-refractivity contribution is 7.10. The maximum atomic E-state index is 12.8. The number of amides is 1. The van der Waals surface area contributed by atoms with E-state index in [2.05, 4.69) is 5.32 Å². The summed E-state index contributed by atoms with van der Waals surface area (Å²) < 4.78 is 43.6. The second-order valence-electron chi connectivity index (χ2n) is 7.38. The van der Waals surface area contributed by atoms with Gasteiger partial charge in [0.1, 0.15) is 17.5 Å². The van der Waals surface area contributed by atoms with Gasteiger partial charge in [-0.3, -0.25) is 0 Å². The molecule has 1 heterocycles. The highest BCUT2D eigenvalue weighted by Crippen LogP contribution is 2.44.